The van der Waals surface area contributed by atoms with Gasteiger partial charge in [0.25, 0.3) is 0 Å². The first-order chi connectivity index (χ1) is 9.47. The molecule has 0 heterocycles. The van der Waals surface area contributed by atoms with Gasteiger partial charge in [-0.15, -0.1) is 0 Å². The van der Waals surface area contributed by atoms with Crippen LogP contribution in [0.25, 0.3) is 0 Å². The highest BCUT2D eigenvalue weighted by Gasteiger charge is 2.12. The molecular weight excluding hydrogens is 282 g/mol. The van der Waals surface area contributed by atoms with Gasteiger partial charge in [-0.3, -0.25) is 0 Å². The second-order valence-corrected chi connectivity index (χ2v) is 4.46. The molecule has 0 aromatic heterocycles. The predicted molar refractivity (Wildman–Crippen MR) is 74.6 cm³/mol. The lowest BCUT2D eigenvalue weighted by Crippen LogP contribution is -2.35. The Hall–Kier alpha value is -2.26. The SMILES string of the molecule is COC(=O)c1ccc(NC(=O)NC(C)CC#N)cc1Cl. The number of urea groups is 1. The number of nitrogens with zero attached hydrogens (tertiary/aromatic N) is 1. The van der Waals surface area contributed by atoms with Crippen LogP contribution in [-0.4, -0.2) is 25.2 Å². The number of hydrogen-bond acceptors (Lipinski definition) is 4. The number of amides is 2. The number of nitrogens with one attached hydrogen (secondary N) is 2. The number of nitriles is 1. The highest BCUT2D eigenvalue weighted by atomic mass is 35.5. The van der Waals surface area contributed by atoms with Crippen LogP contribution < -0.4 is 10.6 Å². The maximum atomic E-state index is 11.6. The van der Waals surface area contributed by atoms with Crippen molar-refractivity contribution in [2.45, 2.75) is 19.4 Å². The lowest BCUT2D eigenvalue weighted by atomic mass is 10.2. The maximum Gasteiger partial charge on any atom is 0.339 e. The van der Waals surface area contributed by atoms with E-state index >= 15 is 0 Å². The molecule has 7 heteroatoms. The molecule has 2 N–H and O–H groups in total. The Morgan fingerprint density at radius 3 is 2.75 bits per heavy atom. The first-order valence-corrected chi connectivity index (χ1v) is 6.18. The molecule has 20 heavy (non-hydrogen) atoms. The number of anilines is 1. The van der Waals surface area contributed by atoms with Crippen LogP contribution >= 0.6 is 11.6 Å². The summed E-state index contributed by atoms with van der Waals surface area (Å²) in [6.45, 7) is 1.72. The smallest absolute Gasteiger partial charge is 0.339 e. The number of ether oxygens (including phenoxy) is 1. The number of methoxy groups -OCH3 is 1. The Morgan fingerprint density at radius 1 is 1.50 bits per heavy atom. The molecule has 1 rings (SSSR count). The average molecular weight is 296 g/mol. The third-order valence-electron chi connectivity index (χ3n) is 2.41. The van der Waals surface area contributed by atoms with Gasteiger partial charge < -0.3 is 15.4 Å². The Morgan fingerprint density at radius 2 is 2.20 bits per heavy atom. The second-order valence-electron chi connectivity index (χ2n) is 4.05. The number of benzene rings is 1. The van der Waals surface area contributed by atoms with E-state index in [2.05, 4.69) is 15.4 Å². The topological polar surface area (TPSA) is 91.2 Å². The molecule has 0 saturated carbocycles. The highest BCUT2D eigenvalue weighted by molar-refractivity contribution is 6.33. The monoisotopic (exact) mass is 295 g/mol. The van der Waals surface area contributed by atoms with Crippen LogP contribution in [0.15, 0.2) is 18.2 Å². The predicted octanol–water partition coefficient (Wildman–Crippen LogP) is 2.55. The summed E-state index contributed by atoms with van der Waals surface area (Å²) in [6.07, 6.45) is 0.218. The zero-order chi connectivity index (χ0) is 15.1. The lowest BCUT2D eigenvalue weighted by Gasteiger charge is -2.12. The van der Waals surface area contributed by atoms with E-state index in [0.29, 0.717) is 5.69 Å². The van der Waals surface area contributed by atoms with E-state index in [1.54, 1.807) is 6.92 Å². The first kappa shape index (κ1) is 15.8. The van der Waals surface area contributed by atoms with Crippen molar-refractivity contribution < 1.29 is 14.3 Å². The maximum absolute atomic E-state index is 11.6. The van der Waals surface area contributed by atoms with E-state index in [4.69, 9.17) is 16.9 Å². The summed E-state index contributed by atoms with van der Waals surface area (Å²) in [5.41, 5.74) is 0.655. The molecule has 0 fully saturated rings. The summed E-state index contributed by atoms with van der Waals surface area (Å²) in [5, 5.41) is 13.8. The fourth-order valence-electron chi connectivity index (χ4n) is 1.45. The minimum Gasteiger partial charge on any atom is -0.465 e. The van der Waals surface area contributed by atoms with E-state index in [-0.39, 0.29) is 23.0 Å². The minimum absolute atomic E-state index is 0.180. The van der Waals surface area contributed by atoms with Crippen molar-refractivity contribution in [2.75, 3.05) is 12.4 Å². The van der Waals surface area contributed by atoms with Crippen molar-refractivity contribution >= 4 is 29.3 Å². The van der Waals surface area contributed by atoms with Gasteiger partial charge in [0, 0.05) is 11.7 Å². The van der Waals surface area contributed by atoms with E-state index in [0.717, 1.165) is 0 Å². The van der Waals surface area contributed by atoms with Gasteiger partial charge in [0.1, 0.15) is 0 Å². The lowest BCUT2D eigenvalue weighted by molar-refractivity contribution is 0.0601. The van der Waals surface area contributed by atoms with Gasteiger partial charge in [-0.25, -0.2) is 9.59 Å². The Balaban J connectivity index is 2.70. The molecule has 1 aromatic carbocycles. The van der Waals surface area contributed by atoms with Crippen LogP contribution in [0.1, 0.15) is 23.7 Å². The fraction of sp³-hybridized carbons (Fsp3) is 0.308. The largest absolute Gasteiger partial charge is 0.465 e. The van der Waals surface area contributed by atoms with Gasteiger partial charge in [-0.05, 0) is 25.1 Å². The van der Waals surface area contributed by atoms with Crippen LogP contribution in [0.3, 0.4) is 0 Å². The standard InChI is InChI=1S/C13H14ClN3O3/c1-8(5-6-15)16-13(19)17-9-3-4-10(11(14)7-9)12(18)20-2/h3-4,7-8H,5H2,1-2H3,(H2,16,17,19). The molecule has 0 saturated heterocycles. The average Bonchev–Trinajstić information content (AvgIpc) is 2.38. The molecule has 106 valence electrons. The molecule has 0 aliphatic heterocycles. The zero-order valence-electron chi connectivity index (χ0n) is 11.1. The van der Waals surface area contributed by atoms with Crippen molar-refractivity contribution in [2.24, 2.45) is 0 Å². The molecular formula is C13H14ClN3O3. The van der Waals surface area contributed by atoms with Crippen molar-refractivity contribution in [1.29, 1.82) is 5.26 Å². The molecule has 0 radical (unpaired) electrons. The Kier molecular flexibility index (Phi) is 5.81. The van der Waals surface area contributed by atoms with Crippen LogP contribution in [0, 0.1) is 11.3 Å². The molecule has 0 bridgehead atoms. The van der Waals surface area contributed by atoms with Gasteiger partial charge in [0.15, 0.2) is 0 Å². The minimum atomic E-state index is -0.548. The Bertz CT molecular complexity index is 554. The van der Waals surface area contributed by atoms with Crippen molar-refractivity contribution in [3.8, 4) is 6.07 Å². The summed E-state index contributed by atoms with van der Waals surface area (Å²) in [6, 6.07) is 5.69. The number of hydrogen-bond donors (Lipinski definition) is 2. The second kappa shape index (κ2) is 7.36. The van der Waals surface area contributed by atoms with Crippen LogP contribution in [-0.2, 0) is 4.74 Å². The summed E-state index contributed by atoms with van der Waals surface area (Å²) in [5.74, 6) is -0.548. The number of carbonyl (C=O) groups is 2. The zero-order valence-corrected chi connectivity index (χ0v) is 11.8. The number of rotatable bonds is 4. The third-order valence-corrected chi connectivity index (χ3v) is 2.72. The summed E-state index contributed by atoms with van der Waals surface area (Å²) in [7, 11) is 1.26. The number of halogens is 1. The van der Waals surface area contributed by atoms with E-state index in [1.165, 1.54) is 25.3 Å². The molecule has 1 atom stereocenters. The quantitative estimate of drug-likeness (QED) is 0.835. The Labute approximate surface area is 121 Å². The third kappa shape index (κ3) is 4.44. The van der Waals surface area contributed by atoms with Gasteiger partial charge in [0.05, 0.1) is 30.2 Å². The first-order valence-electron chi connectivity index (χ1n) is 5.80. The molecule has 6 nitrogen and oxygen atoms in total. The molecule has 0 spiro atoms. The molecule has 0 aliphatic rings. The van der Waals surface area contributed by atoms with Crippen molar-refractivity contribution in [3.05, 3.63) is 28.8 Å². The van der Waals surface area contributed by atoms with Crippen molar-refractivity contribution in [3.63, 3.8) is 0 Å². The summed E-state index contributed by atoms with van der Waals surface area (Å²) < 4.78 is 4.56. The summed E-state index contributed by atoms with van der Waals surface area (Å²) in [4.78, 5) is 23.0. The van der Waals surface area contributed by atoms with Crippen molar-refractivity contribution in [1.82, 2.24) is 5.32 Å². The normalized spacial score (nSPS) is 11.1. The van der Waals surface area contributed by atoms with Crippen LogP contribution in [0.4, 0.5) is 10.5 Å². The van der Waals surface area contributed by atoms with Gasteiger partial charge >= 0.3 is 12.0 Å². The van der Waals surface area contributed by atoms with E-state index in [9.17, 15) is 9.59 Å². The van der Waals surface area contributed by atoms with E-state index in [1.807, 2.05) is 6.07 Å². The number of carbonyl (C=O) groups excluding carboxylic acids is 2. The van der Waals surface area contributed by atoms with Crippen LogP contribution in [0.5, 0.6) is 0 Å². The molecule has 1 aromatic rings. The number of esters is 1. The van der Waals surface area contributed by atoms with Crippen LogP contribution in [0.2, 0.25) is 5.02 Å². The molecule has 0 aliphatic carbocycles. The van der Waals surface area contributed by atoms with Gasteiger partial charge in [-0.1, -0.05) is 11.6 Å². The molecule has 2 amide bonds. The molecule has 1 unspecified atom stereocenters. The van der Waals surface area contributed by atoms with E-state index < -0.39 is 12.0 Å². The fourth-order valence-corrected chi connectivity index (χ4v) is 1.70. The van der Waals surface area contributed by atoms with Gasteiger partial charge in [0.2, 0.25) is 0 Å². The highest BCUT2D eigenvalue weighted by Crippen LogP contribution is 2.21. The summed E-state index contributed by atoms with van der Waals surface area (Å²) >= 11 is 5.93. The van der Waals surface area contributed by atoms with Gasteiger partial charge in [-0.2, -0.15) is 5.26 Å².